The molecular weight excluding hydrogens is 321 g/mol. The lowest BCUT2D eigenvalue weighted by Crippen LogP contribution is -2.36. The van der Waals surface area contributed by atoms with Gasteiger partial charge in [0.15, 0.2) is 0 Å². The third-order valence-corrected chi connectivity index (χ3v) is 3.62. The molecule has 0 saturated carbocycles. The minimum absolute atomic E-state index is 0.0191. The molecule has 1 N–H and O–H groups in total. The van der Waals surface area contributed by atoms with Gasteiger partial charge in [0.1, 0.15) is 12.7 Å². The molecular formula is C16H19F3N4O. The Hall–Kier alpha value is -2.38. The van der Waals surface area contributed by atoms with Gasteiger partial charge >= 0.3 is 6.18 Å². The molecule has 0 radical (unpaired) electrons. The van der Waals surface area contributed by atoms with E-state index < -0.39 is 17.7 Å². The maximum atomic E-state index is 13.1. The molecule has 2 atom stereocenters. The number of hydrogen-bond acceptors (Lipinski definition) is 3. The number of carbonyl (C=O) groups is 1. The van der Waals surface area contributed by atoms with Crippen LogP contribution < -0.4 is 5.32 Å². The molecule has 0 saturated heterocycles. The van der Waals surface area contributed by atoms with Gasteiger partial charge in [0.05, 0.1) is 12.1 Å². The molecule has 1 aromatic heterocycles. The van der Waals surface area contributed by atoms with Crippen LogP contribution in [0.25, 0.3) is 0 Å². The molecule has 0 aliphatic rings. The molecule has 0 spiro atoms. The maximum absolute atomic E-state index is 13.1. The van der Waals surface area contributed by atoms with Gasteiger partial charge in [-0.15, -0.1) is 0 Å². The van der Waals surface area contributed by atoms with Crippen molar-refractivity contribution in [2.24, 2.45) is 0 Å². The first-order valence-electron chi connectivity index (χ1n) is 7.55. The molecule has 2 rings (SSSR count). The van der Waals surface area contributed by atoms with Gasteiger partial charge in [-0.3, -0.25) is 9.48 Å². The van der Waals surface area contributed by atoms with Crippen molar-refractivity contribution < 1.29 is 18.0 Å². The number of aromatic nitrogens is 3. The zero-order valence-electron chi connectivity index (χ0n) is 13.4. The summed E-state index contributed by atoms with van der Waals surface area (Å²) in [5.41, 5.74) is -0.565. The SMILES string of the molecule is CC(Cn1cncn1)NC(=O)CC(C)c1ccccc1C(F)(F)F. The quantitative estimate of drug-likeness (QED) is 0.879. The summed E-state index contributed by atoms with van der Waals surface area (Å²) in [4.78, 5) is 15.9. The molecule has 130 valence electrons. The highest BCUT2D eigenvalue weighted by atomic mass is 19.4. The second-order valence-corrected chi connectivity index (χ2v) is 5.78. The number of rotatable bonds is 6. The van der Waals surface area contributed by atoms with E-state index in [1.807, 2.05) is 0 Å². The summed E-state index contributed by atoms with van der Waals surface area (Å²) in [5, 5.41) is 6.71. The second kappa shape index (κ2) is 7.46. The number of halogens is 3. The van der Waals surface area contributed by atoms with E-state index in [1.54, 1.807) is 24.6 Å². The molecule has 24 heavy (non-hydrogen) atoms. The predicted molar refractivity (Wildman–Crippen MR) is 82.1 cm³/mol. The van der Waals surface area contributed by atoms with Crippen molar-refractivity contribution in [3.63, 3.8) is 0 Å². The van der Waals surface area contributed by atoms with Crippen molar-refractivity contribution in [1.29, 1.82) is 0 Å². The zero-order valence-corrected chi connectivity index (χ0v) is 13.4. The fraction of sp³-hybridized carbons (Fsp3) is 0.438. The van der Waals surface area contributed by atoms with Crippen LogP contribution in [0.3, 0.4) is 0 Å². The Morgan fingerprint density at radius 1 is 1.29 bits per heavy atom. The van der Waals surface area contributed by atoms with Crippen molar-refractivity contribution in [1.82, 2.24) is 20.1 Å². The standard InChI is InChI=1S/C16H19F3N4O/c1-11(13-5-3-4-6-14(13)16(17,18)19)7-15(24)22-12(2)8-23-10-20-9-21-23/h3-6,9-12H,7-8H2,1-2H3,(H,22,24). The summed E-state index contributed by atoms with van der Waals surface area (Å²) < 4.78 is 40.7. The van der Waals surface area contributed by atoms with Crippen LogP contribution in [0, 0.1) is 0 Å². The molecule has 5 nitrogen and oxygen atoms in total. The topological polar surface area (TPSA) is 59.8 Å². The predicted octanol–water partition coefficient (Wildman–Crippen LogP) is 3.00. The molecule has 0 aliphatic carbocycles. The van der Waals surface area contributed by atoms with Gasteiger partial charge in [-0.1, -0.05) is 25.1 Å². The van der Waals surface area contributed by atoms with Gasteiger partial charge in [-0.25, -0.2) is 4.98 Å². The second-order valence-electron chi connectivity index (χ2n) is 5.78. The average molecular weight is 340 g/mol. The van der Waals surface area contributed by atoms with E-state index in [-0.39, 0.29) is 23.9 Å². The molecule has 1 aromatic carbocycles. The number of alkyl halides is 3. The third kappa shape index (κ3) is 4.81. The molecule has 2 aromatic rings. The zero-order chi connectivity index (χ0) is 17.7. The van der Waals surface area contributed by atoms with Crippen LogP contribution in [0.5, 0.6) is 0 Å². The van der Waals surface area contributed by atoms with E-state index in [4.69, 9.17) is 0 Å². The van der Waals surface area contributed by atoms with E-state index in [2.05, 4.69) is 15.4 Å². The van der Waals surface area contributed by atoms with Crippen LogP contribution in [0.15, 0.2) is 36.9 Å². The molecule has 8 heteroatoms. The Kier molecular flexibility index (Phi) is 5.58. The maximum Gasteiger partial charge on any atom is 0.416 e. The average Bonchev–Trinajstić information content (AvgIpc) is 2.98. The van der Waals surface area contributed by atoms with Gasteiger partial charge in [-0.2, -0.15) is 18.3 Å². The number of amides is 1. The summed E-state index contributed by atoms with van der Waals surface area (Å²) in [7, 11) is 0. The van der Waals surface area contributed by atoms with E-state index in [0.717, 1.165) is 6.07 Å². The lowest BCUT2D eigenvalue weighted by molar-refractivity contribution is -0.138. The van der Waals surface area contributed by atoms with Crippen molar-refractivity contribution in [2.75, 3.05) is 0 Å². The first kappa shape index (κ1) is 18.0. The highest BCUT2D eigenvalue weighted by molar-refractivity contribution is 5.77. The van der Waals surface area contributed by atoms with E-state index in [0.29, 0.717) is 6.54 Å². The van der Waals surface area contributed by atoms with Crippen LogP contribution in [0.4, 0.5) is 13.2 Å². The number of nitrogens with one attached hydrogen (secondary N) is 1. The van der Waals surface area contributed by atoms with Crippen LogP contribution in [0.1, 0.15) is 37.3 Å². The van der Waals surface area contributed by atoms with Gasteiger partial charge in [-0.05, 0) is 24.5 Å². The smallest absolute Gasteiger partial charge is 0.352 e. The Balaban J connectivity index is 1.97. The molecule has 0 fully saturated rings. The van der Waals surface area contributed by atoms with Gasteiger partial charge in [0, 0.05) is 12.5 Å². The van der Waals surface area contributed by atoms with Gasteiger partial charge in [0.2, 0.25) is 5.91 Å². The number of carbonyl (C=O) groups excluding carboxylic acids is 1. The third-order valence-electron chi connectivity index (χ3n) is 3.62. The molecule has 2 unspecified atom stereocenters. The summed E-state index contributed by atoms with van der Waals surface area (Å²) in [5.74, 6) is -0.839. The lowest BCUT2D eigenvalue weighted by Gasteiger charge is -2.19. The summed E-state index contributed by atoms with van der Waals surface area (Å²) >= 11 is 0. The van der Waals surface area contributed by atoms with Crippen LogP contribution in [0.2, 0.25) is 0 Å². The Morgan fingerprint density at radius 3 is 2.62 bits per heavy atom. The molecule has 0 bridgehead atoms. The Labute approximate surface area is 137 Å². The summed E-state index contributed by atoms with van der Waals surface area (Å²) in [6.07, 6.45) is -1.52. The number of benzene rings is 1. The Morgan fingerprint density at radius 2 is 2.00 bits per heavy atom. The fourth-order valence-electron chi connectivity index (χ4n) is 2.56. The van der Waals surface area contributed by atoms with Crippen LogP contribution in [-0.4, -0.2) is 26.7 Å². The number of nitrogens with zero attached hydrogens (tertiary/aromatic N) is 3. The van der Waals surface area contributed by atoms with Crippen LogP contribution >= 0.6 is 0 Å². The summed E-state index contributed by atoms with van der Waals surface area (Å²) in [6.45, 7) is 3.86. The van der Waals surface area contributed by atoms with E-state index >= 15 is 0 Å². The monoisotopic (exact) mass is 340 g/mol. The van der Waals surface area contributed by atoms with Crippen molar-refractivity contribution in [3.8, 4) is 0 Å². The van der Waals surface area contributed by atoms with Crippen molar-refractivity contribution in [3.05, 3.63) is 48.0 Å². The van der Waals surface area contributed by atoms with E-state index in [9.17, 15) is 18.0 Å². The normalized spacial score (nSPS) is 14.2. The molecule has 1 amide bonds. The van der Waals surface area contributed by atoms with E-state index in [1.165, 1.54) is 24.8 Å². The molecule has 1 heterocycles. The highest BCUT2D eigenvalue weighted by Gasteiger charge is 2.34. The lowest BCUT2D eigenvalue weighted by atomic mass is 9.92. The molecule has 0 aliphatic heterocycles. The van der Waals surface area contributed by atoms with Gasteiger partial charge in [0.25, 0.3) is 0 Å². The van der Waals surface area contributed by atoms with Crippen molar-refractivity contribution in [2.45, 2.75) is 44.9 Å². The minimum atomic E-state index is -4.43. The number of hydrogen-bond donors (Lipinski definition) is 1. The fourth-order valence-corrected chi connectivity index (χ4v) is 2.56. The first-order chi connectivity index (χ1) is 11.3. The van der Waals surface area contributed by atoms with Gasteiger partial charge < -0.3 is 5.32 Å². The summed E-state index contributed by atoms with van der Waals surface area (Å²) in [6, 6.07) is 5.15. The first-order valence-corrected chi connectivity index (χ1v) is 7.55. The minimum Gasteiger partial charge on any atom is -0.352 e. The Bertz CT molecular complexity index is 670. The van der Waals surface area contributed by atoms with Crippen LogP contribution in [-0.2, 0) is 17.5 Å². The highest BCUT2D eigenvalue weighted by Crippen LogP contribution is 2.35. The largest absolute Gasteiger partial charge is 0.416 e. The van der Waals surface area contributed by atoms with Crippen molar-refractivity contribution >= 4 is 5.91 Å².